The molecule has 0 fully saturated rings. The molecule has 0 unspecified atom stereocenters. The molecule has 0 bridgehead atoms. The van der Waals surface area contributed by atoms with Crippen molar-refractivity contribution in [2.75, 3.05) is 0 Å². The lowest BCUT2D eigenvalue weighted by molar-refractivity contribution is 0.0924. The highest BCUT2D eigenvalue weighted by atomic mass is 16.5. The van der Waals surface area contributed by atoms with Gasteiger partial charge in [-0.15, -0.1) is 0 Å². The molecular weight excluding hydrogens is 332 g/mol. The Labute approximate surface area is 149 Å². The lowest BCUT2D eigenvalue weighted by atomic mass is 10.2. The smallest absolute Gasteiger partial charge is 0.287 e. The number of fused-ring (bicyclic) bond motifs is 1. The Bertz CT molecular complexity index is 990. The number of hydrogen-bond acceptors (Lipinski definition) is 5. The zero-order chi connectivity index (χ0) is 17.8. The van der Waals surface area contributed by atoms with Crippen LogP contribution in [0.3, 0.4) is 0 Å². The largest absolute Gasteiger partial charge is 0.486 e. The van der Waals surface area contributed by atoms with Gasteiger partial charge in [0.25, 0.3) is 5.91 Å². The normalized spacial score (nSPS) is 10.8. The van der Waals surface area contributed by atoms with E-state index in [-0.39, 0.29) is 24.8 Å². The molecule has 26 heavy (non-hydrogen) atoms. The van der Waals surface area contributed by atoms with E-state index in [2.05, 4.69) is 20.5 Å². The van der Waals surface area contributed by atoms with Crippen molar-refractivity contribution in [3.63, 3.8) is 0 Å². The van der Waals surface area contributed by atoms with Gasteiger partial charge in [0.2, 0.25) is 0 Å². The number of amides is 1. The van der Waals surface area contributed by atoms with E-state index < -0.39 is 0 Å². The standard InChI is InChI=1S/C19H16N4O3/c24-19(16-10-13-6-4-5-9-15(13)26-16)20-11-17-21-18(23-22-17)12-25-14-7-2-1-3-8-14/h1-10H,11-12H2,(H,20,24)(H,21,22,23). The summed E-state index contributed by atoms with van der Waals surface area (Å²) in [6.45, 7) is 0.465. The number of para-hydroxylation sites is 2. The van der Waals surface area contributed by atoms with Gasteiger partial charge in [0.15, 0.2) is 17.4 Å². The molecule has 1 amide bonds. The third-order valence-corrected chi connectivity index (χ3v) is 3.75. The summed E-state index contributed by atoms with van der Waals surface area (Å²) in [5.74, 6) is 1.76. The van der Waals surface area contributed by atoms with Gasteiger partial charge in [0.1, 0.15) is 17.9 Å². The van der Waals surface area contributed by atoms with Gasteiger partial charge in [-0.25, -0.2) is 4.98 Å². The Balaban J connectivity index is 1.33. The van der Waals surface area contributed by atoms with E-state index in [9.17, 15) is 4.79 Å². The van der Waals surface area contributed by atoms with Gasteiger partial charge < -0.3 is 14.5 Å². The zero-order valence-corrected chi connectivity index (χ0v) is 13.8. The minimum absolute atomic E-state index is 0.192. The molecule has 0 spiro atoms. The quantitative estimate of drug-likeness (QED) is 0.559. The average molecular weight is 348 g/mol. The number of hydrogen-bond donors (Lipinski definition) is 2. The monoisotopic (exact) mass is 348 g/mol. The highest BCUT2D eigenvalue weighted by Crippen LogP contribution is 2.18. The molecule has 0 atom stereocenters. The number of carbonyl (C=O) groups excluding carboxylic acids is 1. The van der Waals surface area contributed by atoms with E-state index in [1.807, 2.05) is 54.6 Å². The average Bonchev–Trinajstić information content (AvgIpc) is 3.32. The van der Waals surface area contributed by atoms with Crippen LogP contribution in [-0.4, -0.2) is 21.1 Å². The SMILES string of the molecule is O=C(NCc1n[nH]c(COc2ccccc2)n1)c1cc2ccccc2o1. The van der Waals surface area contributed by atoms with Crippen molar-refractivity contribution in [3.8, 4) is 5.75 Å². The predicted octanol–water partition coefficient (Wildman–Crippen LogP) is 3.06. The molecule has 0 aliphatic carbocycles. The molecule has 0 aliphatic rings. The third kappa shape index (κ3) is 3.56. The number of H-pyrrole nitrogens is 1. The zero-order valence-electron chi connectivity index (χ0n) is 13.8. The van der Waals surface area contributed by atoms with Crippen LogP contribution in [-0.2, 0) is 13.2 Å². The summed E-state index contributed by atoms with van der Waals surface area (Å²) < 4.78 is 11.1. The Morgan fingerprint density at radius 3 is 2.77 bits per heavy atom. The lowest BCUT2D eigenvalue weighted by Gasteiger charge is -2.02. The molecule has 2 heterocycles. The molecule has 0 saturated heterocycles. The summed E-state index contributed by atoms with van der Waals surface area (Å²) in [4.78, 5) is 16.5. The molecule has 0 aliphatic heterocycles. The maximum Gasteiger partial charge on any atom is 0.287 e. The molecule has 2 N–H and O–H groups in total. The first kappa shape index (κ1) is 15.9. The number of nitrogens with zero attached hydrogens (tertiary/aromatic N) is 2. The highest BCUT2D eigenvalue weighted by molar-refractivity contribution is 5.95. The summed E-state index contributed by atoms with van der Waals surface area (Å²) >= 11 is 0. The van der Waals surface area contributed by atoms with Crippen LogP contribution in [0.1, 0.15) is 22.2 Å². The fourth-order valence-electron chi connectivity index (χ4n) is 2.49. The number of rotatable bonds is 6. The maximum atomic E-state index is 12.2. The molecule has 0 radical (unpaired) electrons. The summed E-state index contributed by atoms with van der Waals surface area (Å²) in [5, 5.41) is 10.5. The molecule has 130 valence electrons. The van der Waals surface area contributed by atoms with E-state index in [1.54, 1.807) is 6.07 Å². The molecule has 4 rings (SSSR count). The molecule has 2 aromatic carbocycles. The predicted molar refractivity (Wildman–Crippen MR) is 94.5 cm³/mol. The molecule has 7 heteroatoms. The number of aromatic nitrogens is 3. The first-order valence-electron chi connectivity index (χ1n) is 8.13. The van der Waals surface area contributed by atoms with Crippen LogP contribution in [0.2, 0.25) is 0 Å². The summed E-state index contributed by atoms with van der Waals surface area (Å²) in [6.07, 6.45) is 0. The Morgan fingerprint density at radius 1 is 1.12 bits per heavy atom. The van der Waals surface area contributed by atoms with Gasteiger partial charge in [-0.3, -0.25) is 9.89 Å². The van der Waals surface area contributed by atoms with Crippen LogP contribution in [0.4, 0.5) is 0 Å². The topological polar surface area (TPSA) is 93.0 Å². The van der Waals surface area contributed by atoms with Crippen molar-refractivity contribution in [2.24, 2.45) is 0 Å². The molecule has 0 saturated carbocycles. The fraction of sp³-hybridized carbons (Fsp3) is 0.105. The highest BCUT2D eigenvalue weighted by Gasteiger charge is 2.13. The van der Waals surface area contributed by atoms with Gasteiger partial charge in [-0.1, -0.05) is 36.4 Å². The second kappa shape index (κ2) is 7.10. The van der Waals surface area contributed by atoms with Gasteiger partial charge in [0.05, 0.1) is 6.54 Å². The summed E-state index contributed by atoms with van der Waals surface area (Å²) in [5.41, 5.74) is 0.677. The van der Waals surface area contributed by atoms with Crippen molar-refractivity contribution in [1.29, 1.82) is 0 Å². The van der Waals surface area contributed by atoms with E-state index in [4.69, 9.17) is 9.15 Å². The first-order valence-corrected chi connectivity index (χ1v) is 8.13. The van der Waals surface area contributed by atoms with Crippen LogP contribution < -0.4 is 10.1 Å². The van der Waals surface area contributed by atoms with Crippen LogP contribution in [0.5, 0.6) is 5.75 Å². The second-order valence-corrected chi connectivity index (χ2v) is 5.63. The maximum absolute atomic E-state index is 12.2. The van der Waals surface area contributed by atoms with Crippen molar-refractivity contribution in [2.45, 2.75) is 13.2 Å². The molecule has 7 nitrogen and oxygen atoms in total. The van der Waals surface area contributed by atoms with Crippen molar-refractivity contribution < 1.29 is 13.9 Å². The van der Waals surface area contributed by atoms with Gasteiger partial charge in [-0.05, 0) is 24.3 Å². The second-order valence-electron chi connectivity index (χ2n) is 5.63. The van der Waals surface area contributed by atoms with Crippen molar-refractivity contribution in [1.82, 2.24) is 20.5 Å². The Kier molecular flexibility index (Phi) is 4.34. The first-order chi connectivity index (χ1) is 12.8. The third-order valence-electron chi connectivity index (χ3n) is 3.75. The van der Waals surface area contributed by atoms with Gasteiger partial charge >= 0.3 is 0 Å². The minimum atomic E-state index is -0.312. The lowest BCUT2D eigenvalue weighted by Crippen LogP contribution is -2.22. The van der Waals surface area contributed by atoms with Crippen LogP contribution >= 0.6 is 0 Å². The van der Waals surface area contributed by atoms with Crippen LogP contribution in [0.15, 0.2) is 65.1 Å². The van der Waals surface area contributed by atoms with Crippen molar-refractivity contribution >= 4 is 16.9 Å². The molecule has 2 aromatic heterocycles. The number of furan rings is 1. The molecular formula is C19H16N4O3. The number of aromatic amines is 1. The van der Waals surface area contributed by atoms with Gasteiger partial charge in [-0.2, -0.15) is 5.10 Å². The van der Waals surface area contributed by atoms with E-state index in [0.717, 1.165) is 11.1 Å². The number of benzene rings is 2. The van der Waals surface area contributed by atoms with Crippen LogP contribution in [0.25, 0.3) is 11.0 Å². The number of ether oxygens (including phenoxy) is 1. The van der Waals surface area contributed by atoms with E-state index >= 15 is 0 Å². The number of carbonyl (C=O) groups is 1. The van der Waals surface area contributed by atoms with E-state index in [1.165, 1.54) is 0 Å². The molecule has 4 aromatic rings. The van der Waals surface area contributed by atoms with Crippen LogP contribution in [0, 0.1) is 0 Å². The van der Waals surface area contributed by atoms with Gasteiger partial charge in [0, 0.05) is 5.39 Å². The summed E-state index contributed by atoms with van der Waals surface area (Å²) in [6, 6.07) is 18.6. The Morgan fingerprint density at radius 2 is 1.92 bits per heavy atom. The van der Waals surface area contributed by atoms with E-state index in [0.29, 0.717) is 17.2 Å². The minimum Gasteiger partial charge on any atom is -0.486 e. The van der Waals surface area contributed by atoms with Crippen molar-refractivity contribution in [3.05, 3.63) is 78.1 Å². The number of nitrogens with one attached hydrogen (secondary N) is 2. The Hall–Kier alpha value is -3.61. The fourth-order valence-corrected chi connectivity index (χ4v) is 2.49. The summed E-state index contributed by atoms with van der Waals surface area (Å²) in [7, 11) is 0.